The van der Waals surface area contributed by atoms with Crippen LogP contribution >= 0.6 is 11.6 Å². The number of fused-ring (bicyclic) bond motifs is 1. The van der Waals surface area contributed by atoms with E-state index in [-0.39, 0.29) is 13.2 Å². The molecule has 2 rings (SSSR count). The molecule has 0 heterocycles. The molecule has 22 heavy (non-hydrogen) atoms. The summed E-state index contributed by atoms with van der Waals surface area (Å²) in [7, 11) is 0. The monoisotopic (exact) mass is 326 g/mol. The van der Waals surface area contributed by atoms with E-state index in [0.29, 0.717) is 17.0 Å². The van der Waals surface area contributed by atoms with Crippen LogP contribution in [0.4, 0.5) is 0 Å². The average molecular weight is 327 g/mol. The van der Waals surface area contributed by atoms with Gasteiger partial charge in [-0.2, -0.15) is 0 Å². The highest BCUT2D eigenvalue weighted by molar-refractivity contribution is 6.30. The lowest BCUT2D eigenvalue weighted by molar-refractivity contribution is -0.166. The largest absolute Gasteiger partial charge is 0.466 e. The van der Waals surface area contributed by atoms with Gasteiger partial charge in [-0.1, -0.05) is 17.7 Å². The lowest BCUT2D eigenvalue weighted by Crippen LogP contribution is -2.41. The van der Waals surface area contributed by atoms with Gasteiger partial charge in [-0.15, -0.1) is 0 Å². The summed E-state index contributed by atoms with van der Waals surface area (Å²) in [6.45, 7) is 3.77. The lowest BCUT2D eigenvalue weighted by atomic mass is 9.74. The van der Waals surface area contributed by atoms with Gasteiger partial charge >= 0.3 is 11.9 Å². The predicted molar refractivity (Wildman–Crippen MR) is 80.4 cm³/mol. The molecule has 0 fully saturated rings. The second kappa shape index (κ2) is 7.11. The van der Waals surface area contributed by atoms with Crippen LogP contribution in [-0.2, 0) is 25.5 Å². The number of benzene rings is 1. The Labute approximate surface area is 134 Å². The van der Waals surface area contributed by atoms with Crippen molar-refractivity contribution < 1.29 is 24.2 Å². The van der Waals surface area contributed by atoms with Gasteiger partial charge in [0, 0.05) is 5.02 Å². The van der Waals surface area contributed by atoms with Crippen molar-refractivity contribution in [3.8, 4) is 0 Å². The first-order valence-electron chi connectivity index (χ1n) is 7.29. The Kier molecular flexibility index (Phi) is 5.42. The zero-order valence-corrected chi connectivity index (χ0v) is 13.3. The van der Waals surface area contributed by atoms with Gasteiger partial charge in [0.05, 0.1) is 25.2 Å². The van der Waals surface area contributed by atoms with Crippen LogP contribution in [0.5, 0.6) is 0 Å². The number of halogens is 1. The third kappa shape index (κ3) is 3.25. The molecule has 0 aromatic heterocycles. The van der Waals surface area contributed by atoms with E-state index >= 15 is 0 Å². The Hall–Kier alpha value is -1.59. The molecule has 120 valence electrons. The van der Waals surface area contributed by atoms with E-state index in [0.717, 1.165) is 5.56 Å². The van der Waals surface area contributed by atoms with Crippen LogP contribution in [0.25, 0.3) is 0 Å². The first kappa shape index (κ1) is 16.8. The van der Waals surface area contributed by atoms with E-state index in [1.54, 1.807) is 32.0 Å². The summed E-state index contributed by atoms with van der Waals surface area (Å²) in [5, 5.41) is 11.0. The average Bonchev–Trinajstić information content (AvgIpc) is 2.48. The van der Waals surface area contributed by atoms with Crippen LogP contribution in [0, 0.1) is 11.8 Å². The molecule has 1 aromatic carbocycles. The standard InChI is InChI=1S/C16H19ClO5/c1-3-21-15(19)12-7-9-5-6-10(17)8-11(9)14(18)13(12)16(20)22-4-2/h5-6,8,12-14,18H,3-4,7H2,1-2H3/t12-,13+,14-/m1/s1. The second-order valence-electron chi connectivity index (χ2n) is 5.13. The van der Waals surface area contributed by atoms with Crippen molar-refractivity contribution in [2.45, 2.75) is 26.4 Å². The second-order valence-corrected chi connectivity index (χ2v) is 5.56. The highest BCUT2D eigenvalue weighted by Gasteiger charge is 2.45. The number of ether oxygens (including phenoxy) is 2. The number of rotatable bonds is 4. The molecule has 1 aliphatic rings. The molecule has 5 nitrogen and oxygen atoms in total. The Bertz CT molecular complexity index is 572. The molecule has 0 spiro atoms. The van der Waals surface area contributed by atoms with Crippen molar-refractivity contribution >= 4 is 23.5 Å². The summed E-state index contributed by atoms with van der Waals surface area (Å²) in [6, 6.07) is 5.07. The molecule has 3 atom stereocenters. The SMILES string of the molecule is CCOC(=O)[C@@H]1[C@H](O)c2cc(Cl)ccc2C[C@H]1C(=O)OCC. The maximum Gasteiger partial charge on any atom is 0.312 e. The van der Waals surface area contributed by atoms with Crippen molar-refractivity contribution in [3.63, 3.8) is 0 Å². The van der Waals surface area contributed by atoms with Gasteiger partial charge in [-0.3, -0.25) is 9.59 Å². The Morgan fingerprint density at radius 3 is 2.50 bits per heavy atom. The minimum absolute atomic E-state index is 0.181. The third-order valence-electron chi connectivity index (χ3n) is 3.79. The normalized spacial score (nSPS) is 23.5. The highest BCUT2D eigenvalue weighted by Crippen LogP contribution is 2.40. The number of aliphatic hydroxyl groups excluding tert-OH is 1. The van der Waals surface area contributed by atoms with E-state index in [1.165, 1.54) is 0 Å². The van der Waals surface area contributed by atoms with E-state index in [4.69, 9.17) is 21.1 Å². The third-order valence-corrected chi connectivity index (χ3v) is 4.02. The number of carbonyl (C=O) groups is 2. The van der Waals surface area contributed by atoms with Gasteiger partial charge in [0.1, 0.15) is 5.92 Å². The number of aliphatic hydroxyl groups is 1. The van der Waals surface area contributed by atoms with Crippen molar-refractivity contribution in [1.29, 1.82) is 0 Å². The first-order valence-corrected chi connectivity index (χ1v) is 7.67. The predicted octanol–water partition coefficient (Wildman–Crippen LogP) is 2.29. The van der Waals surface area contributed by atoms with Crippen LogP contribution in [0.3, 0.4) is 0 Å². The number of esters is 2. The maximum absolute atomic E-state index is 12.2. The van der Waals surface area contributed by atoms with Gasteiger partial charge in [0.2, 0.25) is 0 Å². The number of hydrogen-bond acceptors (Lipinski definition) is 5. The molecule has 1 aliphatic carbocycles. The fourth-order valence-electron chi connectivity index (χ4n) is 2.82. The quantitative estimate of drug-likeness (QED) is 0.859. The van der Waals surface area contributed by atoms with Crippen LogP contribution in [0.15, 0.2) is 18.2 Å². The first-order chi connectivity index (χ1) is 10.5. The number of carbonyl (C=O) groups excluding carboxylic acids is 2. The zero-order valence-electron chi connectivity index (χ0n) is 12.5. The van der Waals surface area contributed by atoms with E-state index < -0.39 is 29.9 Å². The summed E-state index contributed by atoms with van der Waals surface area (Å²) in [6.07, 6.45) is -0.831. The molecule has 1 N–H and O–H groups in total. The summed E-state index contributed by atoms with van der Waals surface area (Å²) < 4.78 is 10.1. The number of hydrogen-bond donors (Lipinski definition) is 1. The van der Waals surface area contributed by atoms with Gasteiger partial charge < -0.3 is 14.6 Å². The Morgan fingerprint density at radius 2 is 1.86 bits per heavy atom. The van der Waals surface area contributed by atoms with Gasteiger partial charge in [0.25, 0.3) is 0 Å². The molecule has 0 amide bonds. The van der Waals surface area contributed by atoms with Crippen LogP contribution < -0.4 is 0 Å². The van der Waals surface area contributed by atoms with E-state index in [9.17, 15) is 14.7 Å². The van der Waals surface area contributed by atoms with Gasteiger partial charge in [0.15, 0.2) is 0 Å². The molecule has 0 unspecified atom stereocenters. The van der Waals surface area contributed by atoms with Crippen molar-refractivity contribution in [2.75, 3.05) is 13.2 Å². The summed E-state index contributed by atoms with van der Waals surface area (Å²) in [5.74, 6) is -2.84. The lowest BCUT2D eigenvalue weighted by Gasteiger charge is -2.34. The fraction of sp³-hybridized carbons (Fsp3) is 0.500. The minimum Gasteiger partial charge on any atom is -0.466 e. The minimum atomic E-state index is -1.14. The van der Waals surface area contributed by atoms with Gasteiger partial charge in [-0.25, -0.2) is 0 Å². The van der Waals surface area contributed by atoms with Crippen LogP contribution in [-0.4, -0.2) is 30.3 Å². The molecule has 0 bridgehead atoms. The summed E-state index contributed by atoms with van der Waals surface area (Å²) >= 11 is 5.96. The fourth-order valence-corrected chi connectivity index (χ4v) is 3.00. The van der Waals surface area contributed by atoms with E-state index in [2.05, 4.69) is 0 Å². The highest BCUT2D eigenvalue weighted by atomic mass is 35.5. The van der Waals surface area contributed by atoms with Gasteiger partial charge in [-0.05, 0) is 43.5 Å². The molecule has 6 heteroatoms. The summed E-state index contributed by atoms with van der Waals surface area (Å²) in [5.41, 5.74) is 1.35. The molecule has 0 saturated carbocycles. The molecule has 0 saturated heterocycles. The Balaban J connectivity index is 2.41. The summed E-state index contributed by atoms with van der Waals surface area (Å²) in [4.78, 5) is 24.4. The molecular formula is C16H19ClO5. The van der Waals surface area contributed by atoms with Crippen LogP contribution in [0.2, 0.25) is 5.02 Å². The smallest absolute Gasteiger partial charge is 0.312 e. The van der Waals surface area contributed by atoms with Crippen molar-refractivity contribution in [1.82, 2.24) is 0 Å². The molecular weight excluding hydrogens is 308 g/mol. The topological polar surface area (TPSA) is 72.8 Å². The van der Waals surface area contributed by atoms with E-state index in [1.807, 2.05) is 0 Å². The molecule has 0 radical (unpaired) electrons. The van der Waals surface area contributed by atoms with Crippen molar-refractivity contribution in [2.24, 2.45) is 11.8 Å². The maximum atomic E-state index is 12.2. The molecule has 1 aromatic rings. The Morgan fingerprint density at radius 1 is 1.23 bits per heavy atom. The van der Waals surface area contributed by atoms with Crippen molar-refractivity contribution in [3.05, 3.63) is 34.3 Å². The zero-order chi connectivity index (χ0) is 16.3. The molecule has 0 aliphatic heterocycles. The van der Waals surface area contributed by atoms with Crippen LogP contribution in [0.1, 0.15) is 31.1 Å².